The monoisotopic (exact) mass is 219 g/mol. The van der Waals surface area contributed by atoms with E-state index in [1.165, 1.54) is 25.7 Å². The maximum absolute atomic E-state index is 11.3. The summed E-state index contributed by atoms with van der Waals surface area (Å²) in [6.45, 7) is 0. The van der Waals surface area contributed by atoms with E-state index >= 15 is 0 Å². The second kappa shape index (κ2) is 4.51. The molecule has 2 N–H and O–H groups in total. The maximum Gasteiger partial charge on any atom is 0.252 e. The van der Waals surface area contributed by atoms with Crippen LogP contribution in [0.4, 0.5) is 5.82 Å². The van der Waals surface area contributed by atoms with E-state index in [-0.39, 0.29) is 0 Å². The zero-order chi connectivity index (χ0) is 11.5. The molecule has 0 spiro atoms. The fraction of sp³-hybridized carbons (Fsp3) is 0.500. The number of hydrogen-bond acceptors (Lipinski definition) is 3. The summed E-state index contributed by atoms with van der Waals surface area (Å²) in [6, 6.07) is 3.97. The third kappa shape index (κ3) is 2.01. The van der Waals surface area contributed by atoms with Crippen molar-refractivity contribution in [3.8, 4) is 0 Å². The fourth-order valence-corrected chi connectivity index (χ4v) is 2.33. The first-order valence-electron chi connectivity index (χ1n) is 5.68. The van der Waals surface area contributed by atoms with Crippen molar-refractivity contribution < 1.29 is 4.79 Å². The molecule has 1 aliphatic rings. The van der Waals surface area contributed by atoms with Crippen molar-refractivity contribution in [1.29, 1.82) is 0 Å². The predicted molar refractivity (Wildman–Crippen MR) is 63.4 cm³/mol. The number of nitrogens with two attached hydrogens (primary N) is 1. The van der Waals surface area contributed by atoms with Crippen LogP contribution in [0, 0.1) is 0 Å². The topological polar surface area (TPSA) is 59.2 Å². The number of hydrogen-bond donors (Lipinski definition) is 1. The van der Waals surface area contributed by atoms with Gasteiger partial charge in [-0.15, -0.1) is 0 Å². The highest BCUT2D eigenvalue weighted by Gasteiger charge is 2.23. The molecular weight excluding hydrogens is 202 g/mol. The van der Waals surface area contributed by atoms with E-state index in [4.69, 9.17) is 5.73 Å². The standard InChI is InChI=1S/C12H17N3O/c1-15(9-5-2-3-6-9)12-10(11(13)16)7-4-8-14-12/h4,7-9H,2-3,5-6H2,1H3,(H2,13,16). The third-order valence-electron chi connectivity index (χ3n) is 3.26. The van der Waals surface area contributed by atoms with Gasteiger partial charge in [-0.2, -0.15) is 0 Å². The zero-order valence-electron chi connectivity index (χ0n) is 9.52. The van der Waals surface area contributed by atoms with Crippen LogP contribution in [0.5, 0.6) is 0 Å². The van der Waals surface area contributed by atoms with E-state index in [0.29, 0.717) is 17.4 Å². The number of amides is 1. The molecule has 4 nitrogen and oxygen atoms in total. The highest BCUT2D eigenvalue weighted by molar-refractivity contribution is 5.97. The Labute approximate surface area is 95.5 Å². The molecule has 1 aliphatic carbocycles. The molecular formula is C12H17N3O. The average molecular weight is 219 g/mol. The number of pyridine rings is 1. The Hall–Kier alpha value is -1.58. The Morgan fingerprint density at radius 2 is 2.19 bits per heavy atom. The maximum atomic E-state index is 11.3. The van der Waals surface area contributed by atoms with Crippen molar-refractivity contribution in [2.24, 2.45) is 5.73 Å². The second-order valence-electron chi connectivity index (χ2n) is 4.29. The molecule has 16 heavy (non-hydrogen) atoms. The summed E-state index contributed by atoms with van der Waals surface area (Å²) in [5.41, 5.74) is 5.86. The van der Waals surface area contributed by atoms with Gasteiger partial charge in [-0.25, -0.2) is 4.98 Å². The van der Waals surface area contributed by atoms with Crippen molar-refractivity contribution in [3.63, 3.8) is 0 Å². The van der Waals surface area contributed by atoms with Crippen LogP contribution in [0.1, 0.15) is 36.0 Å². The van der Waals surface area contributed by atoms with Gasteiger partial charge in [0, 0.05) is 19.3 Å². The molecule has 0 aliphatic heterocycles. The zero-order valence-corrected chi connectivity index (χ0v) is 9.52. The summed E-state index contributed by atoms with van der Waals surface area (Å²) < 4.78 is 0. The molecule has 4 heteroatoms. The number of anilines is 1. The minimum absolute atomic E-state index is 0.409. The minimum Gasteiger partial charge on any atom is -0.365 e. The van der Waals surface area contributed by atoms with Gasteiger partial charge in [0.05, 0.1) is 5.56 Å². The Bertz CT molecular complexity index is 386. The SMILES string of the molecule is CN(c1ncccc1C(N)=O)C1CCCC1. The summed E-state index contributed by atoms with van der Waals surface area (Å²) in [7, 11) is 1.99. The van der Waals surface area contributed by atoms with Crippen LogP contribution < -0.4 is 10.6 Å². The molecule has 1 aromatic rings. The minimum atomic E-state index is -0.409. The van der Waals surface area contributed by atoms with Crippen molar-refractivity contribution in [2.75, 3.05) is 11.9 Å². The molecule has 1 saturated carbocycles. The average Bonchev–Trinajstić information content (AvgIpc) is 2.81. The summed E-state index contributed by atoms with van der Waals surface area (Å²) >= 11 is 0. The van der Waals surface area contributed by atoms with Crippen molar-refractivity contribution in [3.05, 3.63) is 23.9 Å². The predicted octanol–water partition coefficient (Wildman–Crippen LogP) is 1.56. The first kappa shape index (κ1) is 10.9. The Morgan fingerprint density at radius 1 is 1.50 bits per heavy atom. The lowest BCUT2D eigenvalue weighted by Gasteiger charge is -2.26. The molecule has 1 fully saturated rings. The van der Waals surface area contributed by atoms with E-state index in [0.717, 1.165) is 0 Å². The van der Waals surface area contributed by atoms with Crippen LogP contribution in [-0.4, -0.2) is 24.0 Å². The van der Waals surface area contributed by atoms with E-state index in [1.54, 1.807) is 18.3 Å². The molecule has 1 aromatic heterocycles. The first-order valence-corrected chi connectivity index (χ1v) is 5.68. The van der Waals surface area contributed by atoms with Crippen molar-refractivity contribution in [1.82, 2.24) is 4.98 Å². The van der Waals surface area contributed by atoms with Gasteiger partial charge in [0.25, 0.3) is 5.91 Å². The van der Waals surface area contributed by atoms with Crippen LogP contribution in [0.25, 0.3) is 0 Å². The smallest absolute Gasteiger partial charge is 0.252 e. The summed E-state index contributed by atoms with van der Waals surface area (Å²) in [4.78, 5) is 17.7. The second-order valence-corrected chi connectivity index (χ2v) is 4.29. The first-order chi connectivity index (χ1) is 7.70. The van der Waals surface area contributed by atoms with Crippen LogP contribution in [0.2, 0.25) is 0 Å². The quantitative estimate of drug-likeness (QED) is 0.839. The van der Waals surface area contributed by atoms with Gasteiger partial charge >= 0.3 is 0 Å². The number of carbonyl (C=O) groups excluding carboxylic acids is 1. The largest absolute Gasteiger partial charge is 0.365 e. The van der Waals surface area contributed by atoms with Gasteiger partial charge in [-0.3, -0.25) is 4.79 Å². The summed E-state index contributed by atoms with van der Waals surface area (Å²) in [5, 5.41) is 0. The normalized spacial score (nSPS) is 16.3. The van der Waals surface area contributed by atoms with E-state index in [2.05, 4.69) is 9.88 Å². The highest BCUT2D eigenvalue weighted by Crippen LogP contribution is 2.27. The van der Waals surface area contributed by atoms with Gasteiger partial charge in [0.2, 0.25) is 0 Å². The van der Waals surface area contributed by atoms with E-state index in [1.807, 2.05) is 7.05 Å². The van der Waals surface area contributed by atoms with Gasteiger partial charge in [-0.1, -0.05) is 12.8 Å². The molecule has 2 rings (SSSR count). The molecule has 0 atom stereocenters. The number of primary amides is 1. The van der Waals surface area contributed by atoms with Crippen LogP contribution in [0.3, 0.4) is 0 Å². The van der Waals surface area contributed by atoms with Gasteiger partial charge in [0.1, 0.15) is 5.82 Å². The van der Waals surface area contributed by atoms with Gasteiger partial charge < -0.3 is 10.6 Å². The number of nitrogens with zero attached hydrogens (tertiary/aromatic N) is 2. The van der Waals surface area contributed by atoms with E-state index in [9.17, 15) is 4.79 Å². The number of carbonyl (C=O) groups is 1. The van der Waals surface area contributed by atoms with Crippen molar-refractivity contribution >= 4 is 11.7 Å². The molecule has 0 unspecified atom stereocenters. The molecule has 0 saturated heterocycles. The van der Waals surface area contributed by atoms with Crippen molar-refractivity contribution in [2.45, 2.75) is 31.7 Å². The molecule has 0 aromatic carbocycles. The molecule has 0 bridgehead atoms. The lowest BCUT2D eigenvalue weighted by Crippen LogP contribution is -2.31. The number of aromatic nitrogens is 1. The molecule has 1 heterocycles. The summed E-state index contributed by atoms with van der Waals surface area (Å²) in [6.07, 6.45) is 6.56. The summed E-state index contributed by atoms with van der Waals surface area (Å²) in [5.74, 6) is 0.301. The molecule has 0 radical (unpaired) electrons. The fourth-order valence-electron chi connectivity index (χ4n) is 2.33. The van der Waals surface area contributed by atoms with Gasteiger partial charge in [0.15, 0.2) is 0 Å². The van der Waals surface area contributed by atoms with Crippen LogP contribution >= 0.6 is 0 Å². The van der Waals surface area contributed by atoms with Gasteiger partial charge in [-0.05, 0) is 25.0 Å². The Kier molecular flexibility index (Phi) is 3.08. The van der Waals surface area contributed by atoms with E-state index < -0.39 is 5.91 Å². The lowest BCUT2D eigenvalue weighted by atomic mass is 10.2. The highest BCUT2D eigenvalue weighted by atomic mass is 16.1. The molecule has 1 amide bonds. The van der Waals surface area contributed by atoms with Crippen LogP contribution in [-0.2, 0) is 0 Å². The molecule has 86 valence electrons. The lowest BCUT2D eigenvalue weighted by molar-refractivity contribution is 0.100. The third-order valence-corrected chi connectivity index (χ3v) is 3.26. The number of rotatable bonds is 3. The van der Waals surface area contributed by atoms with Crippen LogP contribution in [0.15, 0.2) is 18.3 Å². The Balaban J connectivity index is 2.27. The Morgan fingerprint density at radius 3 is 2.81 bits per heavy atom.